The molecule has 1 N–H and O–H groups in total. The third kappa shape index (κ3) is 2.03. The van der Waals surface area contributed by atoms with E-state index in [9.17, 15) is 13.9 Å². The van der Waals surface area contributed by atoms with Crippen LogP contribution in [0.4, 0.5) is 8.78 Å². The van der Waals surface area contributed by atoms with Crippen LogP contribution in [0.5, 0.6) is 0 Å². The van der Waals surface area contributed by atoms with Crippen molar-refractivity contribution >= 4 is 0 Å². The van der Waals surface area contributed by atoms with Gasteiger partial charge in [0.05, 0.1) is 5.60 Å². The molecule has 2 rings (SSSR count). The highest BCUT2D eigenvalue weighted by atomic mass is 19.1. The van der Waals surface area contributed by atoms with Crippen LogP contribution in [0.1, 0.15) is 43.2 Å². The molecule has 0 spiro atoms. The Bertz CT molecular complexity index is 473. The first kappa shape index (κ1) is 12.0. The quantitative estimate of drug-likeness (QED) is 0.816. The molecule has 0 heterocycles. The van der Waals surface area contributed by atoms with Crippen LogP contribution in [-0.2, 0) is 5.60 Å². The summed E-state index contributed by atoms with van der Waals surface area (Å²) in [7, 11) is 0. The predicted octanol–water partition coefficient (Wildman–Crippen LogP) is 2.99. The molecule has 2 nitrogen and oxygen atoms in total. The van der Waals surface area contributed by atoms with Gasteiger partial charge in [0.15, 0.2) is 0 Å². The van der Waals surface area contributed by atoms with E-state index in [1.807, 2.05) is 0 Å². The number of hydrogen-bond donors (Lipinski definition) is 1. The van der Waals surface area contributed by atoms with E-state index in [1.165, 1.54) is 12.1 Å². The molecule has 0 saturated heterocycles. The van der Waals surface area contributed by atoms with Gasteiger partial charge in [0.1, 0.15) is 23.3 Å². The van der Waals surface area contributed by atoms with Crippen molar-refractivity contribution in [1.29, 1.82) is 5.26 Å². The Kier molecular flexibility index (Phi) is 3.12. The zero-order valence-corrected chi connectivity index (χ0v) is 9.34. The molecule has 0 bridgehead atoms. The summed E-state index contributed by atoms with van der Waals surface area (Å²) in [6, 6.07) is 3.79. The molecule has 4 heteroatoms. The first-order chi connectivity index (χ1) is 8.08. The van der Waals surface area contributed by atoms with Gasteiger partial charge in [0.2, 0.25) is 0 Å². The van der Waals surface area contributed by atoms with Crippen LogP contribution in [0.25, 0.3) is 0 Å². The van der Waals surface area contributed by atoms with Gasteiger partial charge in [-0.3, -0.25) is 0 Å². The van der Waals surface area contributed by atoms with Crippen molar-refractivity contribution in [3.63, 3.8) is 0 Å². The van der Waals surface area contributed by atoms with Crippen molar-refractivity contribution in [2.24, 2.45) is 0 Å². The smallest absolute Gasteiger partial charge is 0.150 e. The Morgan fingerprint density at radius 1 is 1.18 bits per heavy atom. The second-order valence-corrected chi connectivity index (χ2v) is 4.49. The van der Waals surface area contributed by atoms with Crippen molar-refractivity contribution in [3.05, 3.63) is 34.9 Å². The van der Waals surface area contributed by atoms with Crippen LogP contribution in [0, 0.1) is 23.0 Å². The minimum Gasteiger partial charge on any atom is -0.385 e. The fraction of sp³-hybridized carbons (Fsp3) is 0.462. The second-order valence-electron chi connectivity index (χ2n) is 4.49. The number of benzene rings is 1. The van der Waals surface area contributed by atoms with E-state index in [-0.39, 0.29) is 5.56 Å². The van der Waals surface area contributed by atoms with Crippen LogP contribution in [0.15, 0.2) is 12.1 Å². The summed E-state index contributed by atoms with van der Waals surface area (Å²) in [6.45, 7) is 0. The van der Waals surface area contributed by atoms with Gasteiger partial charge in [0.25, 0.3) is 0 Å². The highest BCUT2D eigenvalue weighted by Gasteiger charge is 2.35. The Labute approximate surface area is 98.5 Å². The Morgan fingerprint density at radius 2 is 1.82 bits per heavy atom. The molecule has 0 radical (unpaired) electrons. The number of rotatable bonds is 1. The number of halogens is 2. The van der Waals surface area contributed by atoms with E-state index in [0.29, 0.717) is 12.8 Å². The first-order valence-corrected chi connectivity index (χ1v) is 5.69. The lowest BCUT2D eigenvalue weighted by atomic mass is 9.79. The molecule has 1 aliphatic carbocycles. The van der Waals surface area contributed by atoms with Crippen LogP contribution >= 0.6 is 0 Å². The number of aliphatic hydroxyl groups is 1. The van der Waals surface area contributed by atoms with E-state index in [0.717, 1.165) is 25.3 Å². The van der Waals surface area contributed by atoms with E-state index < -0.39 is 22.8 Å². The standard InChI is InChI=1S/C13H13F2NO/c14-11-5-4-10(12(15)9(11)8-16)13(17)6-2-1-3-7-13/h4-5,17H,1-3,6-7H2. The predicted molar refractivity (Wildman–Crippen MR) is 58.1 cm³/mol. The van der Waals surface area contributed by atoms with Gasteiger partial charge in [-0.2, -0.15) is 5.26 Å². The minimum absolute atomic E-state index is 0.0511. The monoisotopic (exact) mass is 237 g/mol. The normalized spacial score (nSPS) is 18.7. The second kappa shape index (κ2) is 4.42. The highest BCUT2D eigenvalue weighted by Crippen LogP contribution is 2.38. The molecule has 0 aromatic heterocycles. The van der Waals surface area contributed by atoms with Gasteiger partial charge >= 0.3 is 0 Å². The van der Waals surface area contributed by atoms with Gasteiger partial charge in [-0.25, -0.2) is 8.78 Å². The van der Waals surface area contributed by atoms with Crippen molar-refractivity contribution in [3.8, 4) is 6.07 Å². The molecule has 1 fully saturated rings. The third-order valence-electron chi connectivity index (χ3n) is 3.38. The van der Waals surface area contributed by atoms with Gasteiger partial charge in [0, 0.05) is 5.56 Å². The number of nitrogens with zero attached hydrogens (tertiary/aromatic N) is 1. The zero-order valence-electron chi connectivity index (χ0n) is 9.34. The maximum absolute atomic E-state index is 13.9. The summed E-state index contributed by atoms with van der Waals surface area (Å²) < 4.78 is 27.1. The summed E-state index contributed by atoms with van der Waals surface area (Å²) >= 11 is 0. The summed E-state index contributed by atoms with van der Waals surface area (Å²) in [5.74, 6) is -1.80. The number of hydrogen-bond acceptors (Lipinski definition) is 2. The van der Waals surface area contributed by atoms with Crippen LogP contribution in [0.2, 0.25) is 0 Å². The fourth-order valence-corrected chi connectivity index (χ4v) is 2.42. The average Bonchev–Trinajstić information content (AvgIpc) is 2.30. The maximum atomic E-state index is 13.9. The topological polar surface area (TPSA) is 44.0 Å². The van der Waals surface area contributed by atoms with Gasteiger partial charge in [-0.15, -0.1) is 0 Å². The first-order valence-electron chi connectivity index (χ1n) is 5.69. The lowest BCUT2D eigenvalue weighted by molar-refractivity contribution is -0.00386. The molecule has 0 unspecified atom stereocenters. The molecular weight excluding hydrogens is 224 g/mol. The SMILES string of the molecule is N#Cc1c(F)ccc(C2(O)CCCCC2)c1F. The average molecular weight is 237 g/mol. The molecular formula is C13H13F2NO. The van der Waals surface area contributed by atoms with E-state index in [4.69, 9.17) is 5.26 Å². The highest BCUT2D eigenvalue weighted by molar-refractivity contribution is 5.39. The Balaban J connectivity index is 2.49. The van der Waals surface area contributed by atoms with E-state index in [1.54, 1.807) is 0 Å². The van der Waals surface area contributed by atoms with Crippen LogP contribution < -0.4 is 0 Å². The summed E-state index contributed by atoms with van der Waals surface area (Å²) in [5.41, 5.74) is -1.81. The minimum atomic E-state index is -1.25. The molecule has 17 heavy (non-hydrogen) atoms. The molecule has 0 aliphatic heterocycles. The third-order valence-corrected chi connectivity index (χ3v) is 3.38. The summed E-state index contributed by atoms with van der Waals surface area (Å²) in [4.78, 5) is 0. The van der Waals surface area contributed by atoms with Gasteiger partial charge in [-0.05, 0) is 18.9 Å². The lowest BCUT2D eigenvalue weighted by Gasteiger charge is -2.32. The molecule has 0 atom stereocenters. The van der Waals surface area contributed by atoms with Crippen LogP contribution in [0.3, 0.4) is 0 Å². The molecule has 0 amide bonds. The zero-order chi connectivity index (χ0) is 12.5. The summed E-state index contributed by atoms with van der Waals surface area (Å²) in [6.07, 6.45) is 3.56. The van der Waals surface area contributed by atoms with Crippen molar-refractivity contribution in [1.82, 2.24) is 0 Å². The lowest BCUT2D eigenvalue weighted by Crippen LogP contribution is -2.30. The van der Waals surface area contributed by atoms with E-state index in [2.05, 4.69) is 0 Å². The van der Waals surface area contributed by atoms with Crippen molar-refractivity contribution in [2.75, 3.05) is 0 Å². The Morgan fingerprint density at radius 3 is 2.41 bits per heavy atom. The summed E-state index contributed by atoms with van der Waals surface area (Å²) in [5, 5.41) is 19.1. The van der Waals surface area contributed by atoms with Crippen molar-refractivity contribution < 1.29 is 13.9 Å². The fourth-order valence-electron chi connectivity index (χ4n) is 2.42. The largest absolute Gasteiger partial charge is 0.385 e. The number of nitriles is 1. The van der Waals surface area contributed by atoms with Crippen LogP contribution in [-0.4, -0.2) is 5.11 Å². The molecule has 1 saturated carbocycles. The molecule has 90 valence electrons. The van der Waals surface area contributed by atoms with E-state index >= 15 is 0 Å². The Hall–Kier alpha value is -1.47. The molecule has 1 aromatic rings. The van der Waals surface area contributed by atoms with Gasteiger partial charge < -0.3 is 5.11 Å². The molecule has 1 aromatic carbocycles. The van der Waals surface area contributed by atoms with Gasteiger partial charge in [-0.1, -0.05) is 25.3 Å². The van der Waals surface area contributed by atoms with Crippen molar-refractivity contribution in [2.45, 2.75) is 37.7 Å². The maximum Gasteiger partial charge on any atom is 0.150 e. The molecule has 1 aliphatic rings.